The summed E-state index contributed by atoms with van der Waals surface area (Å²) in [7, 11) is 0. The maximum absolute atomic E-state index is 13.1. The molecule has 1 N–H and O–H groups in total. The molecule has 1 heterocycles. The molecule has 0 unspecified atom stereocenters. The summed E-state index contributed by atoms with van der Waals surface area (Å²) < 4.78 is 0. The SMILES string of the molecule is O=C(NC1CC1)[C@@H]1C[C@@H]2CCCC[C@H]2N1C(=O)c1ccccc1. The Morgan fingerprint density at radius 3 is 2.48 bits per heavy atom. The predicted molar refractivity (Wildman–Crippen MR) is 87.9 cm³/mol. The van der Waals surface area contributed by atoms with E-state index in [-0.39, 0.29) is 23.9 Å². The Morgan fingerprint density at radius 1 is 1.00 bits per heavy atom. The Morgan fingerprint density at radius 2 is 1.74 bits per heavy atom. The Labute approximate surface area is 137 Å². The molecule has 122 valence electrons. The Kier molecular flexibility index (Phi) is 3.83. The van der Waals surface area contributed by atoms with Gasteiger partial charge in [0.1, 0.15) is 6.04 Å². The predicted octanol–water partition coefficient (Wildman–Crippen LogP) is 2.74. The van der Waals surface area contributed by atoms with Crippen molar-refractivity contribution in [2.24, 2.45) is 5.92 Å². The molecule has 2 amide bonds. The van der Waals surface area contributed by atoms with Crippen molar-refractivity contribution < 1.29 is 9.59 Å². The Balaban J connectivity index is 1.60. The first kappa shape index (κ1) is 14.7. The van der Waals surface area contributed by atoms with E-state index in [1.165, 1.54) is 6.42 Å². The van der Waals surface area contributed by atoms with E-state index in [0.29, 0.717) is 17.5 Å². The summed E-state index contributed by atoms with van der Waals surface area (Å²) in [5, 5.41) is 3.11. The monoisotopic (exact) mass is 312 g/mol. The zero-order chi connectivity index (χ0) is 15.8. The number of likely N-dealkylation sites (tertiary alicyclic amines) is 1. The van der Waals surface area contributed by atoms with Gasteiger partial charge in [0, 0.05) is 17.6 Å². The van der Waals surface area contributed by atoms with Crippen molar-refractivity contribution in [3.05, 3.63) is 35.9 Å². The van der Waals surface area contributed by atoms with Crippen molar-refractivity contribution in [1.82, 2.24) is 10.2 Å². The molecule has 3 fully saturated rings. The number of benzene rings is 1. The van der Waals surface area contributed by atoms with Gasteiger partial charge in [0.15, 0.2) is 0 Å². The number of rotatable bonds is 3. The molecule has 3 aliphatic rings. The van der Waals surface area contributed by atoms with Crippen LogP contribution in [-0.2, 0) is 4.79 Å². The molecule has 2 saturated carbocycles. The number of nitrogens with one attached hydrogen (secondary N) is 1. The minimum atomic E-state index is -0.281. The van der Waals surface area contributed by atoms with Crippen molar-refractivity contribution in [3.63, 3.8) is 0 Å². The summed E-state index contributed by atoms with van der Waals surface area (Å²) in [4.78, 5) is 27.7. The first-order chi connectivity index (χ1) is 11.2. The maximum atomic E-state index is 13.1. The number of amides is 2. The maximum Gasteiger partial charge on any atom is 0.254 e. The molecule has 4 rings (SSSR count). The highest BCUT2D eigenvalue weighted by Gasteiger charge is 2.48. The van der Waals surface area contributed by atoms with Crippen LogP contribution < -0.4 is 5.32 Å². The molecule has 23 heavy (non-hydrogen) atoms. The highest BCUT2D eigenvalue weighted by Crippen LogP contribution is 2.40. The van der Waals surface area contributed by atoms with Gasteiger partial charge < -0.3 is 10.2 Å². The zero-order valence-corrected chi connectivity index (χ0v) is 13.4. The molecule has 0 radical (unpaired) electrons. The fourth-order valence-electron chi connectivity index (χ4n) is 4.24. The van der Waals surface area contributed by atoms with E-state index in [2.05, 4.69) is 5.32 Å². The van der Waals surface area contributed by atoms with E-state index < -0.39 is 0 Å². The van der Waals surface area contributed by atoms with Gasteiger partial charge in [-0.15, -0.1) is 0 Å². The summed E-state index contributed by atoms with van der Waals surface area (Å²) in [6, 6.07) is 9.72. The Bertz CT molecular complexity index is 597. The third-order valence-corrected chi connectivity index (χ3v) is 5.57. The average Bonchev–Trinajstić information content (AvgIpc) is 3.31. The number of hydrogen-bond acceptors (Lipinski definition) is 2. The number of carbonyl (C=O) groups excluding carboxylic acids is 2. The molecule has 1 aromatic carbocycles. The lowest BCUT2D eigenvalue weighted by molar-refractivity contribution is -0.125. The fourth-order valence-corrected chi connectivity index (χ4v) is 4.24. The van der Waals surface area contributed by atoms with Crippen LogP contribution in [0, 0.1) is 5.92 Å². The molecule has 0 aromatic heterocycles. The first-order valence-corrected chi connectivity index (χ1v) is 8.92. The molecule has 2 aliphatic carbocycles. The second-order valence-electron chi connectivity index (χ2n) is 7.22. The minimum Gasteiger partial charge on any atom is -0.352 e. The molecule has 1 saturated heterocycles. The lowest BCUT2D eigenvalue weighted by Crippen LogP contribution is -2.50. The molecular weight excluding hydrogens is 288 g/mol. The molecule has 4 heteroatoms. The average molecular weight is 312 g/mol. The second kappa shape index (κ2) is 5.99. The number of fused-ring (bicyclic) bond motifs is 1. The van der Waals surface area contributed by atoms with Gasteiger partial charge in [-0.05, 0) is 50.2 Å². The van der Waals surface area contributed by atoms with Gasteiger partial charge in [0.05, 0.1) is 0 Å². The normalized spacial score (nSPS) is 29.9. The van der Waals surface area contributed by atoms with Gasteiger partial charge in [-0.1, -0.05) is 31.0 Å². The Hall–Kier alpha value is -1.84. The van der Waals surface area contributed by atoms with E-state index >= 15 is 0 Å². The van der Waals surface area contributed by atoms with E-state index in [1.54, 1.807) is 0 Å². The van der Waals surface area contributed by atoms with Crippen LogP contribution in [0.5, 0.6) is 0 Å². The van der Waals surface area contributed by atoms with Crippen molar-refractivity contribution in [3.8, 4) is 0 Å². The van der Waals surface area contributed by atoms with Crippen LogP contribution in [0.25, 0.3) is 0 Å². The summed E-state index contributed by atoms with van der Waals surface area (Å²) >= 11 is 0. The van der Waals surface area contributed by atoms with Gasteiger partial charge in [0.25, 0.3) is 5.91 Å². The quantitative estimate of drug-likeness (QED) is 0.933. The second-order valence-corrected chi connectivity index (χ2v) is 7.22. The molecule has 1 aromatic rings. The van der Waals surface area contributed by atoms with Gasteiger partial charge in [-0.3, -0.25) is 9.59 Å². The van der Waals surface area contributed by atoms with E-state index in [0.717, 1.165) is 38.5 Å². The van der Waals surface area contributed by atoms with Crippen molar-refractivity contribution in [2.75, 3.05) is 0 Å². The molecule has 3 atom stereocenters. The highest BCUT2D eigenvalue weighted by atomic mass is 16.2. The van der Waals surface area contributed by atoms with Crippen LogP contribution in [0.15, 0.2) is 30.3 Å². The fraction of sp³-hybridized carbons (Fsp3) is 0.579. The van der Waals surface area contributed by atoms with Gasteiger partial charge >= 0.3 is 0 Å². The lowest BCUT2D eigenvalue weighted by atomic mass is 9.84. The van der Waals surface area contributed by atoms with Crippen LogP contribution in [-0.4, -0.2) is 34.8 Å². The van der Waals surface area contributed by atoms with Gasteiger partial charge in [0.2, 0.25) is 5.91 Å². The summed E-state index contributed by atoms with van der Waals surface area (Å²) in [5.41, 5.74) is 0.697. The smallest absolute Gasteiger partial charge is 0.254 e. The largest absolute Gasteiger partial charge is 0.352 e. The zero-order valence-electron chi connectivity index (χ0n) is 13.4. The number of hydrogen-bond donors (Lipinski definition) is 1. The van der Waals surface area contributed by atoms with Crippen LogP contribution >= 0.6 is 0 Å². The molecular formula is C19H24N2O2. The lowest BCUT2D eigenvalue weighted by Gasteiger charge is -2.33. The van der Waals surface area contributed by atoms with Crippen LogP contribution in [0.2, 0.25) is 0 Å². The van der Waals surface area contributed by atoms with E-state index in [9.17, 15) is 9.59 Å². The molecule has 0 bridgehead atoms. The van der Waals surface area contributed by atoms with Crippen LogP contribution in [0.4, 0.5) is 0 Å². The van der Waals surface area contributed by atoms with Crippen molar-refractivity contribution in [1.29, 1.82) is 0 Å². The minimum absolute atomic E-state index is 0.0240. The van der Waals surface area contributed by atoms with E-state index in [1.807, 2.05) is 35.2 Å². The van der Waals surface area contributed by atoms with Crippen LogP contribution in [0.3, 0.4) is 0 Å². The van der Waals surface area contributed by atoms with Crippen LogP contribution in [0.1, 0.15) is 55.3 Å². The first-order valence-electron chi connectivity index (χ1n) is 8.92. The summed E-state index contributed by atoms with van der Waals surface area (Å²) in [5.74, 6) is 0.577. The van der Waals surface area contributed by atoms with Gasteiger partial charge in [-0.25, -0.2) is 0 Å². The van der Waals surface area contributed by atoms with Crippen molar-refractivity contribution >= 4 is 11.8 Å². The summed E-state index contributed by atoms with van der Waals surface area (Å²) in [6.07, 6.45) is 7.58. The van der Waals surface area contributed by atoms with E-state index in [4.69, 9.17) is 0 Å². The number of carbonyl (C=O) groups is 2. The summed E-state index contributed by atoms with van der Waals surface area (Å²) in [6.45, 7) is 0. The molecule has 4 nitrogen and oxygen atoms in total. The molecule has 0 spiro atoms. The molecule has 1 aliphatic heterocycles. The highest BCUT2D eigenvalue weighted by molar-refractivity contribution is 5.98. The third-order valence-electron chi connectivity index (χ3n) is 5.57. The van der Waals surface area contributed by atoms with Crippen molar-refractivity contribution in [2.45, 2.75) is 63.1 Å². The number of nitrogens with zero attached hydrogens (tertiary/aromatic N) is 1. The standard InChI is InChI=1S/C19H24N2O2/c22-18(20-15-10-11-15)17-12-14-8-4-5-9-16(14)21(17)19(23)13-6-2-1-3-7-13/h1-3,6-7,14-17H,4-5,8-12H2,(H,20,22)/t14-,16+,17-/m0/s1. The topological polar surface area (TPSA) is 49.4 Å². The van der Waals surface area contributed by atoms with Gasteiger partial charge in [-0.2, -0.15) is 0 Å². The third kappa shape index (κ3) is 2.87.